The van der Waals surface area contributed by atoms with Crippen molar-refractivity contribution in [3.8, 4) is 0 Å². The lowest BCUT2D eigenvalue weighted by Crippen LogP contribution is -2.39. The van der Waals surface area contributed by atoms with Crippen LogP contribution in [0.1, 0.15) is 25.7 Å². The molecule has 1 aliphatic carbocycles. The van der Waals surface area contributed by atoms with E-state index in [-0.39, 0.29) is 5.60 Å². The Labute approximate surface area is 161 Å². The van der Waals surface area contributed by atoms with Crippen molar-refractivity contribution in [2.45, 2.75) is 31.3 Å². The number of ether oxygens (including phenoxy) is 1. The quantitative estimate of drug-likeness (QED) is 0.720. The van der Waals surface area contributed by atoms with E-state index in [4.69, 9.17) is 4.74 Å². The Hall–Kier alpha value is -1.48. The van der Waals surface area contributed by atoms with Crippen LogP contribution in [0.4, 0.5) is 11.6 Å². The zero-order valence-corrected chi connectivity index (χ0v) is 16.2. The molecule has 7 heteroatoms. The minimum Gasteiger partial charge on any atom is -0.368 e. The van der Waals surface area contributed by atoms with E-state index < -0.39 is 0 Å². The number of hydrogen-bond donors (Lipinski definition) is 1. The van der Waals surface area contributed by atoms with Gasteiger partial charge in [0, 0.05) is 12.7 Å². The number of hydrogen-bond acceptors (Lipinski definition) is 6. The first-order valence-corrected chi connectivity index (χ1v) is 9.83. The first-order valence-electron chi connectivity index (χ1n) is 8.76. The third-order valence-corrected chi connectivity index (χ3v) is 5.77. The van der Waals surface area contributed by atoms with Crippen molar-refractivity contribution >= 4 is 34.2 Å². The van der Waals surface area contributed by atoms with E-state index in [1.54, 1.807) is 0 Å². The normalized spacial score (nSPS) is 26.1. The Bertz CT molecular complexity index is 688. The molecule has 0 atom stereocenters. The predicted molar refractivity (Wildman–Crippen MR) is 105 cm³/mol. The van der Waals surface area contributed by atoms with Crippen molar-refractivity contribution in [3.05, 3.63) is 40.2 Å². The van der Waals surface area contributed by atoms with Gasteiger partial charge in [0.15, 0.2) is 0 Å². The molecule has 4 rings (SSSR count). The maximum absolute atomic E-state index is 6.22. The van der Waals surface area contributed by atoms with Crippen LogP contribution in [-0.2, 0) is 4.74 Å². The van der Waals surface area contributed by atoms with E-state index in [0.717, 1.165) is 41.3 Å². The summed E-state index contributed by atoms with van der Waals surface area (Å²) in [6.07, 6.45) is 6.43. The molecule has 1 saturated carbocycles. The van der Waals surface area contributed by atoms with Crippen molar-refractivity contribution in [3.63, 3.8) is 0 Å². The molecule has 0 aromatic carbocycles. The molecule has 3 heterocycles. The van der Waals surface area contributed by atoms with Crippen molar-refractivity contribution in [1.82, 2.24) is 15.2 Å². The molecule has 6 nitrogen and oxygen atoms in total. The van der Waals surface area contributed by atoms with Crippen LogP contribution < -0.4 is 10.2 Å². The zero-order chi connectivity index (χ0) is 17.1. The second-order valence-corrected chi connectivity index (χ2v) is 8.01. The van der Waals surface area contributed by atoms with Gasteiger partial charge in [-0.05, 0) is 78.5 Å². The smallest absolute Gasteiger partial charge is 0.148 e. The molecular weight excluding hydrogens is 429 g/mol. The van der Waals surface area contributed by atoms with Gasteiger partial charge in [0.05, 0.1) is 12.1 Å². The average molecular weight is 451 g/mol. The highest BCUT2D eigenvalue weighted by Crippen LogP contribution is 2.39. The van der Waals surface area contributed by atoms with Crippen LogP contribution in [0.3, 0.4) is 0 Å². The summed E-state index contributed by atoms with van der Waals surface area (Å²) in [6, 6.07) is 10.0. The predicted octanol–water partition coefficient (Wildman–Crippen LogP) is 3.31. The van der Waals surface area contributed by atoms with Crippen LogP contribution in [0.25, 0.3) is 0 Å². The SMILES string of the molecule is Ic1ccc(NC[C@H]2CC[C@]3(CC2)CN(c2ccccn2)CO3)nn1. The van der Waals surface area contributed by atoms with Gasteiger partial charge in [0.25, 0.3) is 0 Å². The summed E-state index contributed by atoms with van der Waals surface area (Å²) in [5.41, 5.74) is 0.0106. The molecule has 0 radical (unpaired) electrons. The van der Waals surface area contributed by atoms with Crippen molar-refractivity contribution in [2.75, 3.05) is 30.0 Å². The lowest BCUT2D eigenvalue weighted by Gasteiger charge is -2.36. The van der Waals surface area contributed by atoms with E-state index in [9.17, 15) is 0 Å². The van der Waals surface area contributed by atoms with Gasteiger partial charge < -0.3 is 15.0 Å². The molecule has 132 valence electrons. The fraction of sp³-hybridized carbons (Fsp3) is 0.500. The minimum absolute atomic E-state index is 0.0106. The van der Waals surface area contributed by atoms with Crippen LogP contribution in [0.2, 0.25) is 0 Å². The summed E-state index contributed by atoms with van der Waals surface area (Å²) < 4.78 is 7.13. The highest BCUT2D eigenvalue weighted by atomic mass is 127. The van der Waals surface area contributed by atoms with Crippen molar-refractivity contribution in [1.29, 1.82) is 0 Å². The molecule has 2 aromatic rings. The summed E-state index contributed by atoms with van der Waals surface area (Å²) in [4.78, 5) is 6.70. The second-order valence-electron chi connectivity index (χ2n) is 6.91. The van der Waals surface area contributed by atoms with Gasteiger partial charge in [0.2, 0.25) is 0 Å². The first kappa shape index (κ1) is 17.0. The van der Waals surface area contributed by atoms with E-state index in [1.807, 2.05) is 30.5 Å². The number of halogens is 1. The van der Waals surface area contributed by atoms with Gasteiger partial charge in [-0.3, -0.25) is 0 Å². The number of anilines is 2. The fourth-order valence-corrected chi connectivity index (χ4v) is 4.00. The molecule has 2 fully saturated rings. The molecule has 25 heavy (non-hydrogen) atoms. The van der Waals surface area contributed by atoms with Crippen molar-refractivity contribution in [2.24, 2.45) is 5.92 Å². The highest BCUT2D eigenvalue weighted by Gasteiger charge is 2.42. The van der Waals surface area contributed by atoms with E-state index in [1.165, 1.54) is 12.8 Å². The van der Waals surface area contributed by atoms with E-state index >= 15 is 0 Å². The third-order valence-electron chi connectivity index (χ3n) is 5.20. The second kappa shape index (κ2) is 7.41. The summed E-state index contributed by atoms with van der Waals surface area (Å²) in [5.74, 6) is 2.54. The molecule has 2 aromatic heterocycles. The molecule has 1 N–H and O–H groups in total. The molecule has 0 bridgehead atoms. The van der Waals surface area contributed by atoms with Gasteiger partial charge in [-0.1, -0.05) is 6.07 Å². The molecule has 0 unspecified atom stereocenters. The largest absolute Gasteiger partial charge is 0.368 e. The topological polar surface area (TPSA) is 63.2 Å². The average Bonchev–Trinajstić information content (AvgIpc) is 3.07. The minimum atomic E-state index is 0.0106. The monoisotopic (exact) mass is 451 g/mol. The number of aromatic nitrogens is 3. The number of nitrogens with zero attached hydrogens (tertiary/aromatic N) is 4. The van der Waals surface area contributed by atoms with Gasteiger partial charge in [-0.25, -0.2) is 4.98 Å². The van der Waals surface area contributed by atoms with Crippen LogP contribution in [0.15, 0.2) is 36.5 Å². The summed E-state index contributed by atoms with van der Waals surface area (Å²) in [7, 11) is 0. The first-order chi connectivity index (χ1) is 12.2. The molecule has 1 aliphatic heterocycles. The Morgan fingerprint density at radius 3 is 2.80 bits per heavy atom. The fourth-order valence-electron chi connectivity index (χ4n) is 3.71. The van der Waals surface area contributed by atoms with Gasteiger partial charge in [-0.2, -0.15) is 0 Å². The van der Waals surface area contributed by atoms with E-state index in [2.05, 4.69) is 54.1 Å². The summed E-state index contributed by atoms with van der Waals surface area (Å²) in [5, 5.41) is 11.7. The zero-order valence-electron chi connectivity index (χ0n) is 14.1. The maximum atomic E-state index is 6.22. The Kier molecular flexibility index (Phi) is 5.03. The molecule has 0 amide bonds. The number of pyridine rings is 1. The standard InChI is InChI=1S/C18H22IN5O/c19-15-4-5-16(23-22-15)21-11-14-6-8-18(9-7-14)12-24(13-25-18)17-3-1-2-10-20-17/h1-5,10,14H,6-9,11-13H2,(H,21,23)/t14-,18-. The number of nitrogens with one attached hydrogen (secondary N) is 1. The number of rotatable bonds is 4. The van der Waals surface area contributed by atoms with Gasteiger partial charge >= 0.3 is 0 Å². The van der Waals surface area contributed by atoms with Crippen LogP contribution in [0.5, 0.6) is 0 Å². The summed E-state index contributed by atoms with van der Waals surface area (Å²) >= 11 is 2.17. The van der Waals surface area contributed by atoms with Gasteiger partial charge in [-0.15, -0.1) is 10.2 Å². The Balaban J connectivity index is 1.27. The molecule has 2 aliphatic rings. The molecular formula is C18H22IN5O. The molecule has 1 saturated heterocycles. The lowest BCUT2D eigenvalue weighted by molar-refractivity contribution is -0.0258. The lowest BCUT2D eigenvalue weighted by atomic mass is 9.78. The Morgan fingerprint density at radius 2 is 2.08 bits per heavy atom. The highest BCUT2D eigenvalue weighted by molar-refractivity contribution is 14.1. The van der Waals surface area contributed by atoms with E-state index in [0.29, 0.717) is 12.6 Å². The summed E-state index contributed by atoms with van der Waals surface area (Å²) in [6.45, 7) is 2.56. The van der Waals surface area contributed by atoms with Crippen LogP contribution in [-0.4, -0.2) is 40.6 Å². The molecule has 1 spiro atoms. The van der Waals surface area contributed by atoms with Crippen LogP contribution in [0, 0.1) is 9.62 Å². The van der Waals surface area contributed by atoms with Crippen LogP contribution >= 0.6 is 22.6 Å². The van der Waals surface area contributed by atoms with Gasteiger partial charge in [0.1, 0.15) is 22.1 Å². The third kappa shape index (κ3) is 4.03. The Morgan fingerprint density at radius 1 is 1.20 bits per heavy atom. The maximum Gasteiger partial charge on any atom is 0.148 e. The van der Waals surface area contributed by atoms with Crippen molar-refractivity contribution < 1.29 is 4.74 Å².